The van der Waals surface area contributed by atoms with Gasteiger partial charge in [-0.2, -0.15) is 0 Å². The van der Waals surface area contributed by atoms with Crippen molar-refractivity contribution in [2.45, 2.75) is 0 Å². The molecule has 0 unspecified atom stereocenters. The summed E-state index contributed by atoms with van der Waals surface area (Å²) in [5.41, 5.74) is 0. The van der Waals surface area contributed by atoms with Crippen LogP contribution in [0, 0.1) is 0 Å². The number of rotatable bonds is 6. The van der Waals surface area contributed by atoms with Crippen molar-refractivity contribution < 1.29 is 9.47 Å². The highest BCUT2D eigenvalue weighted by Crippen LogP contribution is 2.13. The fraction of sp³-hybridized carbons (Fsp3) is 0.444. The van der Waals surface area contributed by atoms with Crippen LogP contribution in [0.4, 0.5) is 0 Å². The Labute approximate surface area is 92.9 Å². The summed E-state index contributed by atoms with van der Waals surface area (Å²) >= 11 is 11.2. The van der Waals surface area contributed by atoms with Crippen molar-refractivity contribution in [2.24, 2.45) is 0 Å². The van der Waals surface area contributed by atoms with Gasteiger partial charge in [0, 0.05) is 23.2 Å². The van der Waals surface area contributed by atoms with Crippen LogP contribution in [-0.4, -0.2) is 30.7 Å². The predicted octanol–water partition coefficient (Wildman–Crippen LogP) is 2.37. The van der Waals surface area contributed by atoms with Crippen molar-refractivity contribution >= 4 is 23.2 Å². The van der Waals surface area contributed by atoms with Crippen molar-refractivity contribution in [1.29, 1.82) is 0 Å². The zero-order valence-corrected chi connectivity index (χ0v) is 9.09. The lowest BCUT2D eigenvalue weighted by Crippen LogP contribution is -2.08. The molecule has 0 saturated heterocycles. The molecule has 0 atom stereocenters. The van der Waals surface area contributed by atoms with Gasteiger partial charge in [0.05, 0.1) is 13.2 Å². The number of hydrogen-bond donors (Lipinski definition) is 0. The Morgan fingerprint density at radius 3 is 2.86 bits per heavy atom. The first kappa shape index (κ1) is 11.6. The molecule has 14 heavy (non-hydrogen) atoms. The largest absolute Gasteiger partial charge is 0.475 e. The highest BCUT2D eigenvalue weighted by atomic mass is 35.5. The molecule has 0 aliphatic heterocycles. The second kappa shape index (κ2) is 6.87. The van der Waals surface area contributed by atoms with E-state index in [1.807, 2.05) is 0 Å². The Hall–Kier alpha value is -0.510. The van der Waals surface area contributed by atoms with Crippen LogP contribution in [0.1, 0.15) is 0 Å². The van der Waals surface area contributed by atoms with Crippen molar-refractivity contribution in [3.8, 4) is 5.88 Å². The van der Waals surface area contributed by atoms with E-state index in [1.54, 1.807) is 18.3 Å². The van der Waals surface area contributed by atoms with E-state index in [2.05, 4.69) is 4.98 Å². The molecular formula is C9H11Cl2NO2. The molecule has 0 N–H and O–H groups in total. The third-order valence-electron chi connectivity index (χ3n) is 1.40. The molecule has 0 spiro atoms. The zero-order chi connectivity index (χ0) is 10.2. The second-order valence-corrected chi connectivity index (χ2v) is 3.28. The lowest BCUT2D eigenvalue weighted by Gasteiger charge is -2.05. The van der Waals surface area contributed by atoms with Gasteiger partial charge in [0.2, 0.25) is 5.88 Å². The van der Waals surface area contributed by atoms with Crippen molar-refractivity contribution in [3.63, 3.8) is 0 Å². The standard InChI is InChI=1S/C9H11Cl2NO2/c10-2-4-13-5-6-14-9-7-8(11)1-3-12-9/h1,3,7H,2,4-6H2. The van der Waals surface area contributed by atoms with E-state index in [0.29, 0.717) is 36.6 Å². The maximum atomic E-state index is 5.74. The molecule has 5 heteroatoms. The molecule has 0 amide bonds. The molecule has 1 aromatic heterocycles. The maximum Gasteiger partial charge on any atom is 0.214 e. The molecule has 0 aliphatic carbocycles. The van der Waals surface area contributed by atoms with E-state index in [0.717, 1.165) is 0 Å². The van der Waals surface area contributed by atoms with Crippen LogP contribution in [0.5, 0.6) is 5.88 Å². The molecule has 0 fully saturated rings. The first-order valence-corrected chi connectivity index (χ1v) is 5.12. The first-order valence-electron chi connectivity index (χ1n) is 4.21. The number of alkyl halides is 1. The van der Waals surface area contributed by atoms with Crippen LogP contribution < -0.4 is 4.74 Å². The molecule has 0 saturated carbocycles. The Kier molecular flexibility index (Phi) is 5.68. The van der Waals surface area contributed by atoms with Gasteiger partial charge in [0.25, 0.3) is 0 Å². The summed E-state index contributed by atoms with van der Waals surface area (Å²) in [6.07, 6.45) is 1.59. The normalized spacial score (nSPS) is 10.1. The minimum atomic E-state index is 0.449. The molecule has 1 aromatic rings. The smallest absolute Gasteiger partial charge is 0.214 e. The van der Waals surface area contributed by atoms with Gasteiger partial charge in [-0.15, -0.1) is 11.6 Å². The average molecular weight is 236 g/mol. The van der Waals surface area contributed by atoms with Gasteiger partial charge in [0.1, 0.15) is 6.61 Å². The van der Waals surface area contributed by atoms with E-state index in [1.165, 1.54) is 0 Å². The number of aromatic nitrogens is 1. The van der Waals surface area contributed by atoms with E-state index in [4.69, 9.17) is 32.7 Å². The zero-order valence-electron chi connectivity index (χ0n) is 7.58. The summed E-state index contributed by atoms with van der Waals surface area (Å²) in [6.45, 7) is 1.49. The van der Waals surface area contributed by atoms with Crippen LogP contribution in [0.3, 0.4) is 0 Å². The molecule has 1 heterocycles. The van der Waals surface area contributed by atoms with Gasteiger partial charge in [-0.3, -0.25) is 0 Å². The van der Waals surface area contributed by atoms with Gasteiger partial charge in [-0.1, -0.05) is 11.6 Å². The molecule has 78 valence electrons. The summed E-state index contributed by atoms with van der Waals surface area (Å²) in [5, 5.41) is 0.608. The maximum absolute atomic E-state index is 5.74. The van der Waals surface area contributed by atoms with Crippen molar-refractivity contribution in [2.75, 3.05) is 25.7 Å². The van der Waals surface area contributed by atoms with E-state index >= 15 is 0 Å². The number of nitrogens with zero attached hydrogens (tertiary/aromatic N) is 1. The second-order valence-electron chi connectivity index (χ2n) is 2.46. The molecule has 0 bridgehead atoms. The Balaban J connectivity index is 2.18. The summed E-state index contributed by atoms with van der Waals surface area (Å²) in [4.78, 5) is 3.97. The van der Waals surface area contributed by atoms with Crippen molar-refractivity contribution in [3.05, 3.63) is 23.4 Å². The van der Waals surface area contributed by atoms with Crippen molar-refractivity contribution in [1.82, 2.24) is 4.98 Å². The number of halogens is 2. The first-order chi connectivity index (χ1) is 6.83. The molecule has 1 rings (SSSR count). The highest BCUT2D eigenvalue weighted by molar-refractivity contribution is 6.30. The molecule has 0 aliphatic rings. The van der Waals surface area contributed by atoms with Gasteiger partial charge >= 0.3 is 0 Å². The van der Waals surface area contributed by atoms with Crippen LogP contribution in [0.15, 0.2) is 18.3 Å². The fourth-order valence-electron chi connectivity index (χ4n) is 0.826. The number of pyridine rings is 1. The molecule has 0 radical (unpaired) electrons. The SMILES string of the molecule is ClCCOCCOc1cc(Cl)ccn1. The van der Waals surface area contributed by atoms with Gasteiger partial charge in [0.15, 0.2) is 0 Å². The minimum Gasteiger partial charge on any atom is -0.475 e. The number of ether oxygens (including phenoxy) is 2. The predicted molar refractivity (Wildman–Crippen MR) is 56.3 cm³/mol. The lowest BCUT2D eigenvalue weighted by atomic mass is 10.5. The average Bonchev–Trinajstić information content (AvgIpc) is 2.18. The minimum absolute atomic E-state index is 0.449. The van der Waals surface area contributed by atoms with Crippen LogP contribution in [0.25, 0.3) is 0 Å². The third-order valence-corrected chi connectivity index (χ3v) is 1.79. The quantitative estimate of drug-likeness (QED) is 0.561. The van der Waals surface area contributed by atoms with Gasteiger partial charge < -0.3 is 9.47 Å². The summed E-state index contributed by atoms with van der Waals surface area (Å²) in [6, 6.07) is 3.35. The molecule has 0 aromatic carbocycles. The highest BCUT2D eigenvalue weighted by Gasteiger charge is 1.95. The fourth-order valence-corrected chi connectivity index (χ4v) is 1.08. The monoisotopic (exact) mass is 235 g/mol. The lowest BCUT2D eigenvalue weighted by molar-refractivity contribution is 0.109. The molecule has 3 nitrogen and oxygen atoms in total. The van der Waals surface area contributed by atoms with E-state index in [9.17, 15) is 0 Å². The van der Waals surface area contributed by atoms with Crippen LogP contribution in [-0.2, 0) is 4.74 Å². The van der Waals surface area contributed by atoms with Gasteiger partial charge in [-0.25, -0.2) is 4.98 Å². The van der Waals surface area contributed by atoms with Crippen LogP contribution >= 0.6 is 23.2 Å². The summed E-state index contributed by atoms with van der Waals surface area (Å²) in [5.74, 6) is 1.00. The number of hydrogen-bond acceptors (Lipinski definition) is 3. The summed E-state index contributed by atoms with van der Waals surface area (Å²) in [7, 11) is 0. The third kappa shape index (κ3) is 4.65. The summed E-state index contributed by atoms with van der Waals surface area (Å²) < 4.78 is 10.4. The Morgan fingerprint density at radius 1 is 1.29 bits per heavy atom. The van der Waals surface area contributed by atoms with Gasteiger partial charge in [-0.05, 0) is 6.07 Å². The van der Waals surface area contributed by atoms with Crippen LogP contribution in [0.2, 0.25) is 5.02 Å². The van der Waals surface area contributed by atoms with E-state index in [-0.39, 0.29) is 0 Å². The van der Waals surface area contributed by atoms with E-state index < -0.39 is 0 Å². The topological polar surface area (TPSA) is 31.4 Å². The molecular weight excluding hydrogens is 225 g/mol. The Morgan fingerprint density at radius 2 is 2.14 bits per heavy atom. The Bertz CT molecular complexity index is 271.